The quantitative estimate of drug-likeness (QED) is 0.865. The Morgan fingerprint density at radius 1 is 1.39 bits per heavy atom. The number of nitrogens with zero attached hydrogens (tertiary/aromatic N) is 1. The third kappa shape index (κ3) is 1.88. The first kappa shape index (κ1) is 11.3. The lowest BCUT2D eigenvalue weighted by Crippen LogP contribution is -2.26. The van der Waals surface area contributed by atoms with Crippen molar-refractivity contribution in [2.45, 2.75) is 18.4 Å². The average molecular weight is 244 g/mol. The van der Waals surface area contributed by atoms with Gasteiger partial charge in [0.05, 0.1) is 19.3 Å². The van der Waals surface area contributed by atoms with Crippen LogP contribution in [0.4, 0.5) is 5.82 Å². The van der Waals surface area contributed by atoms with E-state index in [1.54, 1.807) is 13.3 Å². The molecule has 1 aliphatic carbocycles. The summed E-state index contributed by atoms with van der Waals surface area (Å²) in [4.78, 5) is 4.37. The third-order valence-electron chi connectivity index (χ3n) is 3.51. The molecule has 0 amide bonds. The van der Waals surface area contributed by atoms with Gasteiger partial charge in [-0.15, -0.1) is 0 Å². The van der Waals surface area contributed by atoms with Gasteiger partial charge in [0, 0.05) is 11.6 Å². The molecule has 0 unspecified atom stereocenters. The van der Waals surface area contributed by atoms with Gasteiger partial charge in [-0.2, -0.15) is 0 Å². The third-order valence-corrected chi connectivity index (χ3v) is 3.51. The van der Waals surface area contributed by atoms with Crippen LogP contribution in [0.15, 0.2) is 30.5 Å². The van der Waals surface area contributed by atoms with E-state index in [-0.39, 0.29) is 12.1 Å². The van der Waals surface area contributed by atoms with Crippen molar-refractivity contribution in [3.63, 3.8) is 0 Å². The van der Waals surface area contributed by atoms with Crippen molar-refractivity contribution in [3.8, 4) is 5.75 Å². The van der Waals surface area contributed by atoms with Crippen LogP contribution in [0, 0.1) is 0 Å². The first-order valence-corrected chi connectivity index (χ1v) is 6.08. The summed E-state index contributed by atoms with van der Waals surface area (Å²) in [6, 6.07) is 7.87. The van der Waals surface area contributed by atoms with E-state index in [1.165, 1.54) is 0 Å². The van der Waals surface area contributed by atoms with Crippen molar-refractivity contribution >= 4 is 16.6 Å². The van der Waals surface area contributed by atoms with Crippen LogP contribution in [0.3, 0.4) is 0 Å². The van der Waals surface area contributed by atoms with Gasteiger partial charge in [-0.05, 0) is 42.5 Å². The van der Waals surface area contributed by atoms with E-state index in [0.717, 1.165) is 35.2 Å². The SMILES string of the molecule is COc1ccc2c(NC3(CO)CC3)nccc2c1. The minimum Gasteiger partial charge on any atom is -0.497 e. The molecule has 4 heteroatoms. The van der Waals surface area contributed by atoms with E-state index in [9.17, 15) is 5.11 Å². The predicted molar refractivity (Wildman–Crippen MR) is 71.0 cm³/mol. The lowest BCUT2D eigenvalue weighted by atomic mass is 10.1. The number of rotatable bonds is 4. The molecule has 0 spiro atoms. The molecule has 0 atom stereocenters. The molecule has 0 saturated heterocycles. The number of benzene rings is 1. The zero-order valence-corrected chi connectivity index (χ0v) is 10.3. The number of aromatic nitrogens is 1. The summed E-state index contributed by atoms with van der Waals surface area (Å²) in [6.45, 7) is 0.154. The summed E-state index contributed by atoms with van der Waals surface area (Å²) in [7, 11) is 1.66. The molecule has 2 aromatic rings. The zero-order chi connectivity index (χ0) is 12.6. The molecule has 1 aromatic carbocycles. The Kier molecular flexibility index (Phi) is 2.59. The van der Waals surface area contributed by atoms with E-state index >= 15 is 0 Å². The number of anilines is 1. The number of pyridine rings is 1. The Labute approximate surface area is 106 Å². The topological polar surface area (TPSA) is 54.4 Å². The van der Waals surface area contributed by atoms with Crippen molar-refractivity contribution in [1.82, 2.24) is 4.98 Å². The highest BCUT2D eigenvalue weighted by Crippen LogP contribution is 2.39. The molecule has 1 aliphatic rings. The first-order valence-electron chi connectivity index (χ1n) is 6.08. The van der Waals surface area contributed by atoms with Gasteiger partial charge in [0.2, 0.25) is 0 Å². The molecular formula is C14H16N2O2. The number of nitrogens with one attached hydrogen (secondary N) is 1. The maximum atomic E-state index is 9.36. The van der Waals surface area contributed by atoms with E-state index in [0.29, 0.717) is 0 Å². The smallest absolute Gasteiger partial charge is 0.134 e. The van der Waals surface area contributed by atoms with E-state index < -0.39 is 0 Å². The second kappa shape index (κ2) is 4.14. The summed E-state index contributed by atoms with van der Waals surface area (Å²) < 4.78 is 5.22. The van der Waals surface area contributed by atoms with Crippen molar-refractivity contribution in [2.75, 3.05) is 19.0 Å². The highest BCUT2D eigenvalue weighted by molar-refractivity contribution is 5.93. The number of fused-ring (bicyclic) bond motifs is 1. The lowest BCUT2D eigenvalue weighted by molar-refractivity contribution is 0.266. The molecule has 18 heavy (non-hydrogen) atoms. The summed E-state index contributed by atoms with van der Waals surface area (Å²) in [5.41, 5.74) is -0.152. The van der Waals surface area contributed by atoms with Gasteiger partial charge in [0.1, 0.15) is 11.6 Å². The van der Waals surface area contributed by atoms with Crippen LogP contribution >= 0.6 is 0 Å². The Morgan fingerprint density at radius 3 is 2.89 bits per heavy atom. The minimum atomic E-state index is -0.152. The van der Waals surface area contributed by atoms with Crippen LogP contribution in [0.25, 0.3) is 10.8 Å². The molecule has 94 valence electrons. The molecule has 4 nitrogen and oxygen atoms in total. The van der Waals surface area contributed by atoms with E-state index in [4.69, 9.17) is 4.74 Å². The molecule has 1 saturated carbocycles. The number of aliphatic hydroxyl groups excluding tert-OH is 1. The molecule has 1 heterocycles. The summed E-state index contributed by atoms with van der Waals surface area (Å²) in [6.07, 6.45) is 3.77. The van der Waals surface area contributed by atoms with Gasteiger partial charge in [-0.1, -0.05) is 0 Å². The van der Waals surface area contributed by atoms with Crippen LogP contribution in [0.5, 0.6) is 5.75 Å². The maximum Gasteiger partial charge on any atom is 0.134 e. The summed E-state index contributed by atoms with van der Waals surface area (Å²) >= 11 is 0. The number of ether oxygens (including phenoxy) is 1. The lowest BCUT2D eigenvalue weighted by Gasteiger charge is -2.16. The van der Waals surface area contributed by atoms with Crippen molar-refractivity contribution in [1.29, 1.82) is 0 Å². The largest absolute Gasteiger partial charge is 0.497 e. The Morgan fingerprint density at radius 2 is 2.22 bits per heavy atom. The van der Waals surface area contributed by atoms with Crippen molar-refractivity contribution in [3.05, 3.63) is 30.5 Å². The molecule has 2 N–H and O–H groups in total. The predicted octanol–water partition coefficient (Wildman–Crippen LogP) is 2.18. The normalized spacial score (nSPS) is 16.6. The highest BCUT2D eigenvalue weighted by Gasteiger charge is 2.42. The second-order valence-corrected chi connectivity index (χ2v) is 4.81. The monoisotopic (exact) mass is 244 g/mol. The van der Waals surface area contributed by atoms with Gasteiger partial charge in [-0.25, -0.2) is 4.98 Å². The molecule has 0 radical (unpaired) electrons. The average Bonchev–Trinajstić information content (AvgIpc) is 3.19. The maximum absolute atomic E-state index is 9.36. The highest BCUT2D eigenvalue weighted by atomic mass is 16.5. The Balaban J connectivity index is 2.01. The number of hydrogen-bond acceptors (Lipinski definition) is 4. The van der Waals surface area contributed by atoms with E-state index in [1.807, 2.05) is 24.3 Å². The van der Waals surface area contributed by atoms with Gasteiger partial charge in [0.15, 0.2) is 0 Å². The minimum absolute atomic E-state index is 0.152. The molecule has 0 aliphatic heterocycles. The molecular weight excluding hydrogens is 228 g/mol. The summed E-state index contributed by atoms with van der Waals surface area (Å²) in [5.74, 6) is 1.67. The Hall–Kier alpha value is -1.81. The fourth-order valence-corrected chi connectivity index (χ4v) is 2.11. The number of methoxy groups -OCH3 is 1. The molecule has 0 bridgehead atoms. The fraction of sp³-hybridized carbons (Fsp3) is 0.357. The summed E-state index contributed by atoms with van der Waals surface area (Å²) in [5, 5.41) is 14.9. The number of hydrogen-bond donors (Lipinski definition) is 2. The molecule has 1 aromatic heterocycles. The first-order chi connectivity index (χ1) is 8.76. The van der Waals surface area contributed by atoms with Gasteiger partial charge >= 0.3 is 0 Å². The number of aliphatic hydroxyl groups is 1. The van der Waals surface area contributed by atoms with Gasteiger partial charge < -0.3 is 15.2 Å². The van der Waals surface area contributed by atoms with Crippen LogP contribution in [-0.4, -0.2) is 29.3 Å². The van der Waals surface area contributed by atoms with Crippen LogP contribution in [0.2, 0.25) is 0 Å². The van der Waals surface area contributed by atoms with Gasteiger partial charge in [-0.3, -0.25) is 0 Å². The van der Waals surface area contributed by atoms with Gasteiger partial charge in [0.25, 0.3) is 0 Å². The van der Waals surface area contributed by atoms with Crippen LogP contribution in [0.1, 0.15) is 12.8 Å². The molecule has 1 fully saturated rings. The Bertz CT molecular complexity index is 579. The van der Waals surface area contributed by atoms with Crippen LogP contribution in [-0.2, 0) is 0 Å². The van der Waals surface area contributed by atoms with Crippen molar-refractivity contribution in [2.24, 2.45) is 0 Å². The second-order valence-electron chi connectivity index (χ2n) is 4.81. The fourth-order valence-electron chi connectivity index (χ4n) is 2.11. The standard InChI is InChI=1S/C14H16N2O2/c1-18-11-2-3-12-10(8-11)4-7-15-13(12)16-14(9-17)5-6-14/h2-4,7-8,17H,5-6,9H2,1H3,(H,15,16). The van der Waals surface area contributed by atoms with Crippen molar-refractivity contribution < 1.29 is 9.84 Å². The van der Waals surface area contributed by atoms with E-state index in [2.05, 4.69) is 10.3 Å². The zero-order valence-electron chi connectivity index (χ0n) is 10.3. The van der Waals surface area contributed by atoms with Crippen LogP contribution < -0.4 is 10.1 Å². The molecule has 3 rings (SSSR count).